The van der Waals surface area contributed by atoms with Crippen molar-refractivity contribution >= 4 is 45.5 Å². The van der Waals surface area contributed by atoms with E-state index in [-0.39, 0.29) is 11.3 Å². The fourth-order valence-corrected chi connectivity index (χ4v) is 4.36. The molecule has 0 spiro atoms. The fraction of sp³-hybridized carbons (Fsp3) is 0.0385. The van der Waals surface area contributed by atoms with Gasteiger partial charge in [-0.3, -0.25) is 19.5 Å². The molecule has 1 atom stereocenters. The highest BCUT2D eigenvalue weighted by Gasteiger charge is 2.47. The Kier molecular flexibility index (Phi) is 4.96. The largest absolute Gasteiger partial charge is 0.507 e. The molecule has 0 aliphatic carbocycles. The molecule has 2 heterocycles. The highest BCUT2D eigenvalue weighted by atomic mass is 35.5. The number of ketones is 1. The van der Waals surface area contributed by atoms with E-state index >= 15 is 0 Å². The Labute approximate surface area is 189 Å². The molecule has 1 unspecified atom stereocenters. The molecule has 0 radical (unpaired) electrons. The molecule has 0 bridgehead atoms. The quantitative estimate of drug-likeness (QED) is 0.259. The van der Waals surface area contributed by atoms with Crippen molar-refractivity contribution in [3.8, 4) is 0 Å². The van der Waals surface area contributed by atoms with Gasteiger partial charge in [-0.25, -0.2) is 0 Å². The summed E-state index contributed by atoms with van der Waals surface area (Å²) in [6.45, 7) is 0. The van der Waals surface area contributed by atoms with Crippen LogP contribution in [0, 0.1) is 0 Å². The van der Waals surface area contributed by atoms with Gasteiger partial charge in [0.2, 0.25) is 0 Å². The van der Waals surface area contributed by atoms with Crippen LogP contribution in [0.3, 0.4) is 0 Å². The number of aromatic nitrogens is 1. The number of rotatable bonds is 3. The number of hydrogen-bond acceptors (Lipinski definition) is 4. The summed E-state index contributed by atoms with van der Waals surface area (Å²) in [4.78, 5) is 31.9. The zero-order chi connectivity index (χ0) is 22.2. The van der Waals surface area contributed by atoms with Gasteiger partial charge in [-0.05, 0) is 46.7 Å². The summed E-state index contributed by atoms with van der Waals surface area (Å²) in [5.74, 6) is -1.72. The van der Waals surface area contributed by atoms with Crippen LogP contribution in [0.5, 0.6) is 0 Å². The number of nitrogens with zero attached hydrogens (tertiary/aromatic N) is 2. The summed E-state index contributed by atoms with van der Waals surface area (Å²) in [5, 5.41) is 13.4. The molecule has 1 saturated heterocycles. The van der Waals surface area contributed by atoms with Crippen molar-refractivity contribution in [2.75, 3.05) is 4.90 Å². The Hall–Kier alpha value is -3.96. The minimum atomic E-state index is -0.826. The van der Waals surface area contributed by atoms with Crippen LogP contribution >= 0.6 is 11.6 Å². The molecule has 1 aliphatic heterocycles. The van der Waals surface area contributed by atoms with E-state index < -0.39 is 17.7 Å². The summed E-state index contributed by atoms with van der Waals surface area (Å²) in [6.07, 6.45) is 3.05. The predicted octanol–water partition coefficient (Wildman–Crippen LogP) is 5.51. The molecule has 1 N–H and O–H groups in total. The van der Waals surface area contributed by atoms with Gasteiger partial charge in [-0.2, -0.15) is 0 Å². The molecule has 156 valence electrons. The average Bonchev–Trinajstić information content (AvgIpc) is 3.09. The number of amides is 1. The van der Waals surface area contributed by atoms with E-state index in [1.54, 1.807) is 36.4 Å². The van der Waals surface area contributed by atoms with Gasteiger partial charge < -0.3 is 5.11 Å². The van der Waals surface area contributed by atoms with E-state index in [9.17, 15) is 14.7 Å². The molecular formula is C26H17ClN2O3. The summed E-state index contributed by atoms with van der Waals surface area (Å²) >= 11 is 6.20. The highest BCUT2D eigenvalue weighted by molar-refractivity contribution is 6.52. The fourth-order valence-electron chi connectivity index (χ4n) is 4.17. The number of hydrogen-bond donors (Lipinski definition) is 1. The molecule has 32 heavy (non-hydrogen) atoms. The second-order valence-electron chi connectivity index (χ2n) is 7.45. The topological polar surface area (TPSA) is 70.5 Å². The lowest BCUT2D eigenvalue weighted by atomic mass is 9.91. The van der Waals surface area contributed by atoms with Gasteiger partial charge in [-0.1, -0.05) is 60.1 Å². The predicted molar refractivity (Wildman–Crippen MR) is 124 cm³/mol. The molecule has 1 aliphatic rings. The molecule has 0 saturated carbocycles. The normalized spacial score (nSPS) is 17.8. The summed E-state index contributed by atoms with van der Waals surface area (Å²) < 4.78 is 0. The molecule has 5 rings (SSSR count). The highest BCUT2D eigenvalue weighted by Crippen LogP contribution is 2.44. The first-order valence-electron chi connectivity index (χ1n) is 10.0. The van der Waals surface area contributed by atoms with Crippen LogP contribution in [0.2, 0.25) is 5.02 Å². The number of carbonyl (C=O) groups is 2. The molecule has 1 amide bonds. The van der Waals surface area contributed by atoms with Crippen molar-refractivity contribution in [3.63, 3.8) is 0 Å². The molecule has 6 heteroatoms. The summed E-state index contributed by atoms with van der Waals surface area (Å²) in [6, 6.07) is 22.6. The van der Waals surface area contributed by atoms with Crippen molar-refractivity contribution in [2.45, 2.75) is 6.04 Å². The summed E-state index contributed by atoms with van der Waals surface area (Å²) in [5.41, 5.74) is 1.65. The van der Waals surface area contributed by atoms with Gasteiger partial charge in [0.1, 0.15) is 5.76 Å². The third-order valence-corrected chi connectivity index (χ3v) is 5.84. The van der Waals surface area contributed by atoms with Crippen LogP contribution in [-0.2, 0) is 9.59 Å². The number of benzene rings is 3. The molecule has 4 aromatic rings. The summed E-state index contributed by atoms with van der Waals surface area (Å²) in [7, 11) is 0. The number of Topliss-reactive ketones (excluding diaryl/α,β-unsaturated/α-hetero) is 1. The van der Waals surface area contributed by atoms with E-state index in [2.05, 4.69) is 4.98 Å². The number of carbonyl (C=O) groups excluding carboxylic acids is 2. The van der Waals surface area contributed by atoms with Crippen molar-refractivity contribution in [3.05, 3.63) is 113 Å². The van der Waals surface area contributed by atoms with E-state index in [1.165, 1.54) is 17.3 Å². The van der Waals surface area contributed by atoms with Crippen molar-refractivity contribution in [1.82, 2.24) is 4.98 Å². The first kappa shape index (κ1) is 20.0. The lowest BCUT2D eigenvalue weighted by Gasteiger charge is -2.26. The van der Waals surface area contributed by atoms with E-state index in [4.69, 9.17) is 11.6 Å². The standard InChI is InChI=1S/C26H17ClN2O3/c27-18-7-4-8-19(15-18)29-23(21-10-3-6-16-5-1-2-9-20(16)21)22(25(31)26(29)32)24(30)17-11-13-28-14-12-17/h1-15,23,30H/b24-22-. The van der Waals surface area contributed by atoms with Gasteiger partial charge in [-0.15, -0.1) is 0 Å². The Morgan fingerprint density at radius 3 is 2.41 bits per heavy atom. The van der Waals surface area contributed by atoms with Gasteiger partial charge in [0, 0.05) is 28.7 Å². The molecule has 1 fully saturated rings. The van der Waals surface area contributed by atoms with Crippen LogP contribution < -0.4 is 4.90 Å². The number of anilines is 1. The van der Waals surface area contributed by atoms with Crippen LogP contribution in [0.25, 0.3) is 16.5 Å². The smallest absolute Gasteiger partial charge is 0.300 e. The van der Waals surface area contributed by atoms with Crippen LogP contribution in [0.1, 0.15) is 17.2 Å². The maximum atomic E-state index is 13.3. The van der Waals surface area contributed by atoms with Gasteiger partial charge in [0.15, 0.2) is 0 Å². The van der Waals surface area contributed by atoms with E-state index in [1.807, 2.05) is 42.5 Å². The Morgan fingerprint density at radius 2 is 1.62 bits per heavy atom. The SMILES string of the molecule is O=C1C(=O)N(c2cccc(Cl)c2)C(c2cccc3ccccc23)/C1=C(/O)c1ccncc1. The van der Waals surface area contributed by atoms with Crippen molar-refractivity contribution in [1.29, 1.82) is 0 Å². The minimum Gasteiger partial charge on any atom is -0.507 e. The van der Waals surface area contributed by atoms with Gasteiger partial charge >= 0.3 is 0 Å². The molecular weight excluding hydrogens is 424 g/mol. The van der Waals surface area contributed by atoms with E-state index in [0.717, 1.165) is 16.3 Å². The Balaban J connectivity index is 1.82. The Morgan fingerprint density at radius 1 is 0.906 bits per heavy atom. The number of pyridine rings is 1. The van der Waals surface area contributed by atoms with E-state index in [0.29, 0.717) is 16.3 Å². The number of halogens is 1. The molecule has 5 nitrogen and oxygen atoms in total. The maximum absolute atomic E-state index is 13.3. The average molecular weight is 441 g/mol. The minimum absolute atomic E-state index is 0.0255. The number of fused-ring (bicyclic) bond motifs is 1. The number of aliphatic hydroxyl groups is 1. The lowest BCUT2D eigenvalue weighted by molar-refractivity contribution is -0.132. The second kappa shape index (κ2) is 7.94. The first-order chi connectivity index (χ1) is 15.6. The zero-order valence-electron chi connectivity index (χ0n) is 16.8. The van der Waals surface area contributed by atoms with Crippen LogP contribution in [0.4, 0.5) is 5.69 Å². The number of aliphatic hydroxyl groups excluding tert-OH is 1. The monoisotopic (exact) mass is 440 g/mol. The third-order valence-electron chi connectivity index (χ3n) is 5.60. The maximum Gasteiger partial charge on any atom is 0.300 e. The van der Waals surface area contributed by atoms with Crippen LogP contribution in [-0.4, -0.2) is 21.8 Å². The van der Waals surface area contributed by atoms with Crippen LogP contribution in [0.15, 0.2) is 96.8 Å². The van der Waals surface area contributed by atoms with Crippen molar-refractivity contribution < 1.29 is 14.7 Å². The zero-order valence-corrected chi connectivity index (χ0v) is 17.5. The first-order valence-corrected chi connectivity index (χ1v) is 10.4. The molecule has 1 aromatic heterocycles. The Bertz CT molecular complexity index is 1390. The lowest BCUT2D eigenvalue weighted by Crippen LogP contribution is -2.29. The van der Waals surface area contributed by atoms with Crippen molar-refractivity contribution in [2.24, 2.45) is 0 Å². The van der Waals surface area contributed by atoms with Gasteiger partial charge in [0.25, 0.3) is 11.7 Å². The second-order valence-corrected chi connectivity index (χ2v) is 7.89. The third kappa shape index (κ3) is 3.24. The molecule has 3 aromatic carbocycles. The van der Waals surface area contributed by atoms with Gasteiger partial charge in [0.05, 0.1) is 11.6 Å².